The molecule has 3 aromatic heterocycles. The third-order valence-electron chi connectivity index (χ3n) is 13.0. The van der Waals surface area contributed by atoms with Crippen molar-refractivity contribution in [2.24, 2.45) is 17.3 Å². The zero-order valence-corrected chi connectivity index (χ0v) is 37.1. The molecule has 3 fully saturated rings. The van der Waals surface area contributed by atoms with E-state index < -0.39 is 138 Å². The summed E-state index contributed by atoms with van der Waals surface area (Å²) in [6.45, 7) is 7.40. The van der Waals surface area contributed by atoms with Crippen molar-refractivity contribution in [1.29, 1.82) is 0 Å². The number of aliphatic hydroxyl groups is 1. The molecule has 21 heteroatoms. The molecule has 0 amide bonds. The lowest BCUT2D eigenvalue weighted by Crippen LogP contribution is -2.89. The molecule has 2 aliphatic heterocycles. The van der Waals surface area contributed by atoms with Crippen LogP contribution in [0, 0.1) is 17.3 Å². The molecule has 4 aliphatic rings. The molecule has 5 heterocycles. The molecule has 21 nitrogen and oxygen atoms in total. The predicted molar refractivity (Wildman–Crippen MR) is 215 cm³/mol. The number of rotatable bonds is 9. The van der Waals surface area contributed by atoms with E-state index in [9.17, 15) is 43.5 Å². The van der Waals surface area contributed by atoms with Gasteiger partial charge in [-0.05, 0) is 44.2 Å². The molecule has 0 radical (unpaired) electrons. The Morgan fingerprint density at radius 3 is 2.03 bits per heavy atom. The number of pyridine rings is 2. The minimum absolute atomic E-state index is 0.0752. The van der Waals surface area contributed by atoms with Gasteiger partial charge >= 0.3 is 47.8 Å². The highest BCUT2D eigenvalue weighted by Crippen LogP contribution is 2.70. The molecule has 1 unspecified atom stereocenters. The lowest BCUT2D eigenvalue weighted by molar-refractivity contribution is -0.385. The summed E-state index contributed by atoms with van der Waals surface area (Å²) < 4.78 is 61.2. The largest absolute Gasteiger partial charge is 0.472 e. The number of hydrogen-bond acceptors (Lipinski definition) is 21. The fourth-order valence-corrected chi connectivity index (χ4v) is 10.1. The third-order valence-corrected chi connectivity index (χ3v) is 13.0. The number of carbonyl (C=O) groups excluding carboxylic acids is 8. The van der Waals surface area contributed by atoms with Crippen LogP contribution in [-0.4, -0.2) is 129 Å². The van der Waals surface area contributed by atoms with Crippen molar-refractivity contribution in [3.8, 4) is 0 Å². The first kappa shape index (κ1) is 47.2. The van der Waals surface area contributed by atoms with E-state index in [1.54, 1.807) is 6.92 Å². The van der Waals surface area contributed by atoms with E-state index in [0.29, 0.717) is 0 Å². The molecule has 0 aromatic carbocycles. The highest BCUT2D eigenvalue weighted by atomic mass is 16.7. The number of furan rings is 1. The van der Waals surface area contributed by atoms with E-state index in [4.69, 9.17) is 47.0 Å². The molecule has 4 bridgehead atoms. The molecule has 66 heavy (non-hydrogen) atoms. The number of ether oxygens (including phenoxy) is 9. The monoisotopic (exact) mass is 920 g/mol. The van der Waals surface area contributed by atoms with E-state index in [2.05, 4.69) is 9.97 Å². The zero-order chi connectivity index (χ0) is 48.1. The summed E-state index contributed by atoms with van der Waals surface area (Å²) in [4.78, 5) is 120. The van der Waals surface area contributed by atoms with E-state index in [-0.39, 0.29) is 22.4 Å². The standard InChI is InChI=1S/C45H48N2O19/c1-21-22(2)38(52)65-35-33(60-24(4)49)37(62-26(6)51)44(20-58-23(3)48)36(61-25(5)50)32(63-39(53)27-11-9-14-46-17-27)30-34(64-40(54)28-13-16-57-18-28)45(44,43(35,8)56)66-42(30,7)19-59-41(55)29-12-10-15-47-31(21)29/h9-18,21-22,30,32-37,56H,19-20H2,1-8H3/t21-,22-,30+,32+,33-,34+,35-,36+,37-,42-,43?,44+,45-/m0/s1. The van der Waals surface area contributed by atoms with Gasteiger partial charge in [-0.3, -0.25) is 33.9 Å². The second-order valence-corrected chi connectivity index (χ2v) is 17.2. The Kier molecular flexibility index (Phi) is 12.6. The van der Waals surface area contributed by atoms with Gasteiger partial charge in [0, 0.05) is 52.2 Å². The second kappa shape index (κ2) is 17.6. The number of fused-ring (bicyclic) bond motifs is 5. The van der Waals surface area contributed by atoms with Crippen LogP contribution in [0.1, 0.15) is 98.1 Å². The molecule has 1 saturated heterocycles. The van der Waals surface area contributed by atoms with Crippen molar-refractivity contribution in [1.82, 2.24) is 9.97 Å². The molecule has 2 aliphatic carbocycles. The molecule has 7 rings (SSSR count). The van der Waals surface area contributed by atoms with Crippen molar-refractivity contribution in [2.45, 2.75) is 115 Å². The number of nitrogens with zero attached hydrogens (tertiary/aromatic N) is 2. The maximum atomic E-state index is 14.6. The smallest absolute Gasteiger partial charge is 0.341 e. The fraction of sp³-hybridized carbons (Fsp3) is 0.511. The molecule has 3 aromatic rings. The van der Waals surface area contributed by atoms with Gasteiger partial charge in [-0.25, -0.2) is 14.4 Å². The second-order valence-electron chi connectivity index (χ2n) is 17.2. The van der Waals surface area contributed by atoms with E-state index >= 15 is 0 Å². The Balaban J connectivity index is 1.65. The van der Waals surface area contributed by atoms with Crippen molar-refractivity contribution in [3.05, 3.63) is 83.8 Å². The first-order valence-corrected chi connectivity index (χ1v) is 20.9. The quantitative estimate of drug-likeness (QED) is 0.238. The zero-order valence-electron chi connectivity index (χ0n) is 37.1. The summed E-state index contributed by atoms with van der Waals surface area (Å²) in [5.41, 5.74) is -11.0. The van der Waals surface area contributed by atoms with Gasteiger partial charge < -0.3 is 52.2 Å². The summed E-state index contributed by atoms with van der Waals surface area (Å²) in [6, 6.07) is 6.89. The third kappa shape index (κ3) is 7.72. The molecule has 1 spiro atoms. The number of cyclic esters (lactones) is 1. The van der Waals surface area contributed by atoms with Crippen molar-refractivity contribution in [3.63, 3.8) is 0 Å². The lowest BCUT2D eigenvalue weighted by atomic mass is 9.45. The Bertz CT molecular complexity index is 2420. The molecule has 352 valence electrons. The lowest BCUT2D eigenvalue weighted by Gasteiger charge is -2.67. The number of esters is 8. The van der Waals surface area contributed by atoms with E-state index in [1.807, 2.05) is 0 Å². The van der Waals surface area contributed by atoms with Crippen LogP contribution in [-0.2, 0) is 66.6 Å². The topological polar surface area (TPSA) is 279 Å². The van der Waals surface area contributed by atoms with Gasteiger partial charge in [0.15, 0.2) is 30.0 Å². The van der Waals surface area contributed by atoms with Crippen molar-refractivity contribution >= 4 is 47.8 Å². The van der Waals surface area contributed by atoms with Crippen molar-refractivity contribution in [2.75, 3.05) is 13.2 Å². The maximum absolute atomic E-state index is 14.6. The summed E-state index contributed by atoms with van der Waals surface area (Å²) in [5.74, 6) is -12.4. The van der Waals surface area contributed by atoms with Gasteiger partial charge in [-0.1, -0.05) is 13.8 Å². The molecular formula is C45H48N2O19. The first-order chi connectivity index (χ1) is 31.1. The predicted octanol–water partition coefficient (Wildman–Crippen LogP) is 2.61. The van der Waals surface area contributed by atoms with Crippen LogP contribution >= 0.6 is 0 Å². The summed E-state index contributed by atoms with van der Waals surface area (Å²) in [5, 5.41) is 13.8. The Hall–Kier alpha value is -6.74. The minimum Gasteiger partial charge on any atom is -0.472 e. The minimum atomic E-state index is -2.93. The normalized spacial score (nSPS) is 34.5. The average molecular weight is 921 g/mol. The number of aromatic nitrogens is 2. The van der Waals surface area contributed by atoms with Crippen LogP contribution in [0.5, 0.6) is 0 Å². The van der Waals surface area contributed by atoms with Crippen LogP contribution in [0.25, 0.3) is 0 Å². The Morgan fingerprint density at radius 1 is 0.773 bits per heavy atom. The van der Waals surface area contributed by atoms with Crippen LogP contribution in [0.4, 0.5) is 0 Å². The fourth-order valence-electron chi connectivity index (χ4n) is 10.1. The van der Waals surface area contributed by atoms with Crippen LogP contribution < -0.4 is 0 Å². The van der Waals surface area contributed by atoms with Crippen LogP contribution in [0.2, 0.25) is 0 Å². The van der Waals surface area contributed by atoms with Crippen LogP contribution in [0.15, 0.2) is 65.9 Å². The van der Waals surface area contributed by atoms with Gasteiger partial charge in [0.1, 0.15) is 48.3 Å². The Morgan fingerprint density at radius 2 is 1.42 bits per heavy atom. The maximum Gasteiger partial charge on any atom is 0.341 e. The molecular weight excluding hydrogens is 872 g/mol. The van der Waals surface area contributed by atoms with E-state index in [0.717, 1.165) is 53.3 Å². The average Bonchev–Trinajstić information content (AvgIpc) is 3.88. The highest BCUT2D eigenvalue weighted by molar-refractivity contribution is 5.92. The number of carbonyl (C=O) groups is 8. The van der Waals surface area contributed by atoms with Gasteiger partial charge in [-0.15, -0.1) is 0 Å². The molecule has 13 atom stereocenters. The molecule has 2 saturated carbocycles. The van der Waals surface area contributed by atoms with Gasteiger partial charge in [-0.2, -0.15) is 0 Å². The van der Waals surface area contributed by atoms with Gasteiger partial charge in [0.25, 0.3) is 0 Å². The van der Waals surface area contributed by atoms with E-state index in [1.165, 1.54) is 56.6 Å². The van der Waals surface area contributed by atoms with Crippen LogP contribution in [0.3, 0.4) is 0 Å². The highest BCUT2D eigenvalue weighted by Gasteiger charge is 2.92. The summed E-state index contributed by atoms with van der Waals surface area (Å²) in [6.07, 6.45) is -6.55. The summed E-state index contributed by atoms with van der Waals surface area (Å²) in [7, 11) is 0. The Labute approximate surface area is 376 Å². The first-order valence-electron chi connectivity index (χ1n) is 20.9. The molecule has 1 N–H and O–H groups in total. The SMILES string of the molecule is CC(=O)OC[C@]12[C@H](OC(C)=O)[C@H](OC(=O)c3cccnc3)[C@@H]3[C@@H](OC(=O)c4ccoc4)[C@@]14O[C@@]3(C)COC(=O)c1cccnc1[C@@H](C)[C@H](C)C(=O)O[C@@H]([C@H](OC(C)=O)[C@@H]2OC(C)=O)C4(C)O. The summed E-state index contributed by atoms with van der Waals surface area (Å²) >= 11 is 0. The number of hydrogen-bond donors (Lipinski definition) is 1. The van der Waals surface area contributed by atoms with Gasteiger partial charge in [0.05, 0.1) is 40.5 Å². The van der Waals surface area contributed by atoms with Crippen molar-refractivity contribution < 1.29 is 90.5 Å². The van der Waals surface area contributed by atoms with Gasteiger partial charge in [0.2, 0.25) is 0 Å².